The van der Waals surface area contributed by atoms with E-state index in [0.717, 1.165) is 6.42 Å². The Kier molecular flexibility index (Phi) is 3.68. The molecule has 2 aliphatic rings. The minimum atomic E-state index is -0.210. The number of anilines is 1. The zero-order valence-corrected chi connectivity index (χ0v) is 14.9. The molecule has 1 saturated carbocycles. The summed E-state index contributed by atoms with van der Waals surface area (Å²) in [6, 6.07) is 7.12. The summed E-state index contributed by atoms with van der Waals surface area (Å²) < 4.78 is 0.651. The number of carbonyl (C=O) groups is 2. The van der Waals surface area contributed by atoms with Crippen LogP contribution >= 0.6 is 15.9 Å². The fourth-order valence-corrected chi connectivity index (χ4v) is 4.03. The van der Waals surface area contributed by atoms with Crippen molar-refractivity contribution in [2.24, 2.45) is 5.41 Å². The smallest absolute Gasteiger partial charge is 0.254 e. The van der Waals surface area contributed by atoms with E-state index in [0.29, 0.717) is 33.3 Å². The number of rotatable bonds is 1. The van der Waals surface area contributed by atoms with Crippen LogP contribution in [-0.4, -0.2) is 17.7 Å². The minimum Gasteiger partial charge on any atom is -0.301 e. The number of hydrogen-bond acceptors (Lipinski definition) is 3. The lowest BCUT2D eigenvalue weighted by Crippen LogP contribution is -2.43. The highest BCUT2D eigenvalue weighted by molar-refractivity contribution is 9.10. The minimum absolute atomic E-state index is 0.0762. The van der Waals surface area contributed by atoms with Gasteiger partial charge in [-0.25, -0.2) is 0 Å². The summed E-state index contributed by atoms with van der Waals surface area (Å²) in [7, 11) is 0. The first-order valence-corrected chi connectivity index (χ1v) is 8.31. The number of amides is 1. The Morgan fingerprint density at radius 2 is 2.04 bits per heavy atom. The summed E-state index contributed by atoms with van der Waals surface area (Å²) in [5.74, 6) is -0.0417. The molecule has 4 nitrogen and oxygen atoms in total. The molecule has 0 aromatic heterocycles. The third-order valence-corrected chi connectivity index (χ3v) is 5.28. The molecule has 23 heavy (non-hydrogen) atoms. The normalized spacial score (nSPS) is 23.1. The molecule has 0 N–H and O–H groups in total. The van der Waals surface area contributed by atoms with Crippen LogP contribution in [0, 0.1) is 16.7 Å². The van der Waals surface area contributed by atoms with Gasteiger partial charge in [0.1, 0.15) is 6.07 Å². The molecule has 1 aromatic rings. The molecule has 1 amide bonds. The fraction of sp³-hybridized carbons (Fsp3) is 0.389. The van der Waals surface area contributed by atoms with Gasteiger partial charge in [-0.3, -0.25) is 9.59 Å². The van der Waals surface area contributed by atoms with E-state index < -0.39 is 0 Å². The Labute approximate surface area is 143 Å². The van der Waals surface area contributed by atoms with E-state index in [1.807, 2.05) is 0 Å². The van der Waals surface area contributed by atoms with Gasteiger partial charge in [0.05, 0.1) is 11.6 Å². The number of ketones is 1. The Morgan fingerprint density at radius 1 is 1.35 bits per heavy atom. The molecule has 0 radical (unpaired) electrons. The van der Waals surface area contributed by atoms with Gasteiger partial charge in [-0.15, -0.1) is 0 Å². The molecule has 1 heterocycles. The number of halogens is 1. The predicted octanol–water partition coefficient (Wildman–Crippen LogP) is 3.74. The van der Waals surface area contributed by atoms with E-state index in [1.54, 1.807) is 30.0 Å². The second-order valence-corrected chi connectivity index (χ2v) is 7.83. The van der Waals surface area contributed by atoms with Crippen molar-refractivity contribution in [3.05, 3.63) is 39.4 Å². The molecule has 0 saturated heterocycles. The Bertz CT molecular complexity index is 802. The first-order chi connectivity index (χ1) is 10.7. The Morgan fingerprint density at radius 3 is 2.65 bits per heavy atom. The van der Waals surface area contributed by atoms with E-state index in [2.05, 4.69) is 35.8 Å². The van der Waals surface area contributed by atoms with Gasteiger partial charge in [0, 0.05) is 27.7 Å². The number of carbonyl (C=O) groups excluding carboxylic acids is 2. The Hall–Kier alpha value is -1.93. The van der Waals surface area contributed by atoms with Gasteiger partial charge in [0.15, 0.2) is 5.78 Å². The van der Waals surface area contributed by atoms with Gasteiger partial charge in [-0.2, -0.15) is 5.26 Å². The van der Waals surface area contributed by atoms with Crippen LogP contribution in [0.25, 0.3) is 0 Å². The third-order valence-electron chi connectivity index (χ3n) is 4.63. The topological polar surface area (TPSA) is 61.2 Å². The highest BCUT2D eigenvalue weighted by Crippen LogP contribution is 2.44. The van der Waals surface area contributed by atoms with Gasteiger partial charge in [0.25, 0.3) is 5.91 Å². The second kappa shape index (κ2) is 5.31. The first kappa shape index (κ1) is 15.9. The van der Waals surface area contributed by atoms with Crippen LogP contribution in [0.15, 0.2) is 33.8 Å². The largest absolute Gasteiger partial charge is 0.301 e. The van der Waals surface area contributed by atoms with Crippen LogP contribution in [0.4, 0.5) is 5.69 Å². The molecular weight excluding hydrogens is 356 g/mol. The zero-order valence-electron chi connectivity index (χ0n) is 13.3. The van der Waals surface area contributed by atoms with Gasteiger partial charge in [-0.05, 0) is 52.9 Å². The summed E-state index contributed by atoms with van der Waals surface area (Å²) >= 11 is 3.37. The van der Waals surface area contributed by atoms with Crippen LogP contribution in [0.5, 0.6) is 0 Å². The predicted molar refractivity (Wildman–Crippen MR) is 90.9 cm³/mol. The lowest BCUT2D eigenvalue weighted by atomic mass is 9.72. The molecule has 0 spiro atoms. The van der Waals surface area contributed by atoms with Crippen LogP contribution in [0.3, 0.4) is 0 Å². The second-order valence-electron chi connectivity index (χ2n) is 6.97. The highest BCUT2D eigenvalue weighted by atomic mass is 79.9. The van der Waals surface area contributed by atoms with Gasteiger partial charge in [-0.1, -0.05) is 13.8 Å². The fourth-order valence-electron chi connectivity index (χ4n) is 3.57. The number of benzene rings is 1. The van der Waals surface area contributed by atoms with E-state index in [1.165, 1.54) is 0 Å². The quantitative estimate of drug-likeness (QED) is 0.754. The maximum atomic E-state index is 12.7. The molecule has 1 fully saturated rings. The SMILES string of the molecule is CC1=C2C(=O)CC(C)(C)CC2N(c2ccc(C#N)c(Br)c2)C1=O. The average Bonchev–Trinajstić information content (AvgIpc) is 2.69. The molecule has 5 heteroatoms. The van der Waals surface area contributed by atoms with Gasteiger partial charge < -0.3 is 4.90 Å². The maximum absolute atomic E-state index is 12.7. The maximum Gasteiger partial charge on any atom is 0.254 e. The highest BCUT2D eigenvalue weighted by Gasteiger charge is 2.47. The summed E-state index contributed by atoms with van der Waals surface area (Å²) in [4.78, 5) is 26.9. The number of Topliss-reactive ketones (excluding diaryl/α,β-unsaturated/α-hetero) is 1. The van der Waals surface area contributed by atoms with Crippen molar-refractivity contribution in [1.29, 1.82) is 5.26 Å². The van der Waals surface area contributed by atoms with Crippen LogP contribution < -0.4 is 4.90 Å². The summed E-state index contributed by atoms with van der Waals surface area (Å²) in [5, 5.41) is 9.05. The van der Waals surface area contributed by atoms with E-state index in [9.17, 15) is 9.59 Å². The lowest BCUT2D eigenvalue weighted by Gasteiger charge is -2.38. The lowest BCUT2D eigenvalue weighted by molar-refractivity contribution is -0.119. The molecule has 1 atom stereocenters. The molecule has 1 aromatic carbocycles. The van der Waals surface area contributed by atoms with E-state index in [4.69, 9.17) is 5.26 Å². The van der Waals surface area contributed by atoms with E-state index >= 15 is 0 Å². The molecule has 1 unspecified atom stereocenters. The van der Waals surface area contributed by atoms with Crippen molar-refractivity contribution >= 4 is 33.3 Å². The summed E-state index contributed by atoms with van der Waals surface area (Å²) in [6.07, 6.45) is 1.24. The van der Waals surface area contributed by atoms with Gasteiger partial charge >= 0.3 is 0 Å². The number of nitriles is 1. The van der Waals surface area contributed by atoms with Crippen LogP contribution in [0.2, 0.25) is 0 Å². The molecule has 0 bridgehead atoms. The summed E-state index contributed by atoms with van der Waals surface area (Å²) in [5.41, 5.74) is 2.32. The number of nitrogens with zero attached hydrogens (tertiary/aromatic N) is 2. The molecule has 1 aliphatic heterocycles. The third kappa shape index (κ3) is 2.51. The standard InChI is InChI=1S/C18H17BrN2O2/c1-10-16-14(7-18(2,3)8-15(16)22)21(17(10)23)12-5-4-11(9-20)13(19)6-12/h4-6,14H,7-8H2,1-3H3. The Balaban J connectivity index is 2.07. The van der Waals surface area contributed by atoms with E-state index in [-0.39, 0.29) is 23.1 Å². The van der Waals surface area contributed by atoms with Crippen molar-refractivity contribution in [2.75, 3.05) is 4.90 Å². The van der Waals surface area contributed by atoms with Gasteiger partial charge in [0.2, 0.25) is 0 Å². The van der Waals surface area contributed by atoms with Crippen molar-refractivity contribution in [1.82, 2.24) is 0 Å². The molecule has 3 rings (SSSR count). The number of fused-ring (bicyclic) bond motifs is 1. The molecule has 1 aliphatic carbocycles. The zero-order chi connectivity index (χ0) is 16.9. The molecule has 118 valence electrons. The van der Waals surface area contributed by atoms with Crippen molar-refractivity contribution < 1.29 is 9.59 Å². The molecular formula is C18H17BrN2O2. The van der Waals surface area contributed by atoms with Crippen molar-refractivity contribution in [3.8, 4) is 6.07 Å². The van der Waals surface area contributed by atoms with Crippen LogP contribution in [-0.2, 0) is 9.59 Å². The van der Waals surface area contributed by atoms with Crippen molar-refractivity contribution in [2.45, 2.75) is 39.7 Å². The monoisotopic (exact) mass is 372 g/mol. The number of hydrogen-bond donors (Lipinski definition) is 0. The summed E-state index contributed by atoms with van der Waals surface area (Å²) in [6.45, 7) is 5.86. The average molecular weight is 373 g/mol. The van der Waals surface area contributed by atoms with Crippen molar-refractivity contribution in [3.63, 3.8) is 0 Å². The van der Waals surface area contributed by atoms with Crippen LogP contribution in [0.1, 0.15) is 39.2 Å². The first-order valence-electron chi connectivity index (χ1n) is 7.52.